The van der Waals surface area contributed by atoms with Gasteiger partial charge in [0.2, 0.25) is 0 Å². The summed E-state index contributed by atoms with van der Waals surface area (Å²) in [6.45, 7) is 3.99. The van der Waals surface area contributed by atoms with Crippen molar-refractivity contribution in [3.8, 4) is 17.9 Å². The van der Waals surface area contributed by atoms with Crippen LogP contribution >= 0.6 is 45.2 Å². The second-order valence-electron chi connectivity index (χ2n) is 4.55. The van der Waals surface area contributed by atoms with Gasteiger partial charge >= 0.3 is 0 Å². The highest BCUT2D eigenvalue weighted by atomic mass is 127. The molecule has 0 aliphatic heterocycles. The average molecular weight is 543 g/mol. The maximum atomic E-state index is 9.50. The van der Waals surface area contributed by atoms with E-state index in [-0.39, 0.29) is 17.0 Å². The first-order chi connectivity index (χ1) is 11.5. The van der Waals surface area contributed by atoms with E-state index in [1.165, 1.54) is 0 Å². The van der Waals surface area contributed by atoms with Gasteiger partial charge in [0.25, 0.3) is 0 Å². The molecule has 1 heterocycles. The van der Waals surface area contributed by atoms with Gasteiger partial charge in [-0.3, -0.25) is 5.10 Å². The third-order valence-electron chi connectivity index (χ3n) is 2.98. The van der Waals surface area contributed by atoms with Crippen LogP contribution in [0.15, 0.2) is 24.8 Å². The molecule has 0 saturated heterocycles. The molecule has 24 heavy (non-hydrogen) atoms. The molecule has 0 fully saturated rings. The second kappa shape index (κ2) is 8.17. The Balaban J connectivity index is 2.61. The smallest absolute Gasteiger partial charge is 0.163 e. The minimum absolute atomic E-state index is 0.0639. The SMILES string of the molecule is C=CCOc1c(I)cc(I)cc1/C=C(\C#N)c1[nH]nc(N)c1C#N. The van der Waals surface area contributed by atoms with Crippen LogP contribution in [0.2, 0.25) is 0 Å². The Labute approximate surface area is 166 Å². The molecule has 2 rings (SSSR count). The number of rotatable bonds is 5. The van der Waals surface area contributed by atoms with Crippen molar-refractivity contribution in [2.45, 2.75) is 0 Å². The first-order valence-electron chi connectivity index (χ1n) is 6.60. The van der Waals surface area contributed by atoms with Crippen molar-refractivity contribution in [2.75, 3.05) is 12.3 Å². The van der Waals surface area contributed by atoms with Crippen LogP contribution in [-0.4, -0.2) is 16.8 Å². The number of nitrogens with two attached hydrogens (primary N) is 1. The number of benzene rings is 1. The fourth-order valence-corrected chi connectivity index (χ4v) is 4.01. The monoisotopic (exact) mass is 543 g/mol. The van der Waals surface area contributed by atoms with Crippen molar-refractivity contribution in [2.24, 2.45) is 0 Å². The zero-order chi connectivity index (χ0) is 17.7. The van der Waals surface area contributed by atoms with E-state index in [0.29, 0.717) is 18.1 Å². The topological polar surface area (TPSA) is 112 Å². The van der Waals surface area contributed by atoms with E-state index < -0.39 is 0 Å². The van der Waals surface area contributed by atoms with Gasteiger partial charge < -0.3 is 10.5 Å². The van der Waals surface area contributed by atoms with E-state index in [2.05, 4.69) is 68.0 Å². The number of hydrogen-bond donors (Lipinski definition) is 2. The van der Waals surface area contributed by atoms with Crippen LogP contribution < -0.4 is 10.5 Å². The van der Waals surface area contributed by atoms with Crippen LogP contribution in [0.4, 0.5) is 5.82 Å². The average Bonchev–Trinajstić information content (AvgIpc) is 2.92. The molecule has 0 bridgehead atoms. The third-order valence-corrected chi connectivity index (χ3v) is 4.40. The molecule has 0 unspecified atom stereocenters. The molecule has 6 nitrogen and oxygen atoms in total. The van der Waals surface area contributed by atoms with Crippen LogP contribution in [0.3, 0.4) is 0 Å². The van der Waals surface area contributed by atoms with Crippen LogP contribution in [0, 0.1) is 29.8 Å². The highest BCUT2D eigenvalue weighted by Crippen LogP contribution is 2.32. The minimum Gasteiger partial charge on any atom is -0.488 e. The van der Waals surface area contributed by atoms with Gasteiger partial charge in [0.15, 0.2) is 5.82 Å². The van der Waals surface area contributed by atoms with Crippen LogP contribution in [0.25, 0.3) is 11.6 Å². The first-order valence-corrected chi connectivity index (χ1v) is 8.76. The Morgan fingerprint density at radius 1 is 1.42 bits per heavy atom. The van der Waals surface area contributed by atoms with Crippen molar-refractivity contribution in [1.82, 2.24) is 10.2 Å². The lowest BCUT2D eigenvalue weighted by atomic mass is 10.1. The summed E-state index contributed by atoms with van der Waals surface area (Å²) in [6, 6.07) is 7.90. The van der Waals surface area contributed by atoms with Gasteiger partial charge in [-0.25, -0.2) is 0 Å². The van der Waals surface area contributed by atoms with Crippen molar-refractivity contribution in [1.29, 1.82) is 10.5 Å². The predicted molar refractivity (Wildman–Crippen MR) is 109 cm³/mol. The Morgan fingerprint density at radius 3 is 2.79 bits per heavy atom. The molecule has 0 radical (unpaired) electrons. The molecule has 0 saturated carbocycles. The molecule has 8 heteroatoms. The lowest BCUT2D eigenvalue weighted by molar-refractivity contribution is 0.360. The highest BCUT2D eigenvalue weighted by Gasteiger charge is 2.16. The Morgan fingerprint density at radius 2 is 2.17 bits per heavy atom. The molecule has 0 aliphatic carbocycles. The number of allylic oxidation sites excluding steroid dienone is 1. The van der Waals surface area contributed by atoms with E-state index in [1.807, 2.05) is 18.2 Å². The molecule has 1 aromatic carbocycles. The Hall–Kier alpha value is -2.05. The quantitative estimate of drug-likeness (QED) is 0.340. The molecule has 2 aromatic rings. The molecule has 3 N–H and O–H groups in total. The predicted octanol–water partition coefficient (Wildman–Crippen LogP) is 3.70. The summed E-state index contributed by atoms with van der Waals surface area (Å²) < 4.78 is 7.62. The van der Waals surface area contributed by atoms with E-state index >= 15 is 0 Å². The third kappa shape index (κ3) is 3.88. The number of ether oxygens (including phenoxy) is 1. The number of H-pyrrole nitrogens is 1. The fourth-order valence-electron chi connectivity index (χ4n) is 1.96. The summed E-state index contributed by atoms with van der Waals surface area (Å²) in [4.78, 5) is 0. The number of nitrogens with zero attached hydrogens (tertiary/aromatic N) is 3. The number of halogens is 2. The second-order valence-corrected chi connectivity index (χ2v) is 6.95. The zero-order valence-corrected chi connectivity index (χ0v) is 16.6. The van der Waals surface area contributed by atoms with E-state index in [4.69, 9.17) is 10.5 Å². The largest absolute Gasteiger partial charge is 0.488 e. The van der Waals surface area contributed by atoms with Gasteiger partial charge in [0.1, 0.15) is 30.1 Å². The lowest BCUT2D eigenvalue weighted by Gasteiger charge is -2.11. The van der Waals surface area contributed by atoms with E-state index in [0.717, 1.165) is 12.7 Å². The molecule has 0 aliphatic rings. The van der Waals surface area contributed by atoms with Crippen LogP contribution in [0.1, 0.15) is 16.8 Å². The normalized spacial score (nSPS) is 10.8. The summed E-state index contributed by atoms with van der Waals surface area (Å²) in [6.07, 6.45) is 3.30. The van der Waals surface area contributed by atoms with Gasteiger partial charge in [-0.2, -0.15) is 15.6 Å². The summed E-state index contributed by atoms with van der Waals surface area (Å²) in [7, 11) is 0. The van der Waals surface area contributed by atoms with E-state index in [9.17, 15) is 10.5 Å². The Kier molecular flexibility index (Phi) is 6.23. The summed E-state index contributed by atoms with van der Waals surface area (Å²) in [5.74, 6) is 0.712. The molecule has 0 amide bonds. The van der Waals surface area contributed by atoms with Crippen LogP contribution in [0.5, 0.6) is 5.75 Å². The lowest BCUT2D eigenvalue weighted by Crippen LogP contribution is -1.99. The van der Waals surface area contributed by atoms with Gasteiger partial charge in [0, 0.05) is 9.13 Å². The van der Waals surface area contributed by atoms with Gasteiger partial charge in [0.05, 0.1) is 14.8 Å². The van der Waals surface area contributed by atoms with Crippen molar-refractivity contribution < 1.29 is 4.74 Å². The Bertz CT molecular complexity index is 902. The molecule has 0 atom stereocenters. The maximum absolute atomic E-state index is 9.50. The van der Waals surface area contributed by atoms with Crippen molar-refractivity contribution in [3.63, 3.8) is 0 Å². The van der Waals surface area contributed by atoms with Crippen molar-refractivity contribution >= 4 is 62.6 Å². The number of aromatic nitrogens is 2. The van der Waals surface area contributed by atoms with Gasteiger partial charge in [-0.15, -0.1) is 0 Å². The minimum atomic E-state index is 0.0639. The molecule has 1 aromatic heterocycles. The number of nitrogens with one attached hydrogen (secondary N) is 1. The molecule has 0 spiro atoms. The number of hydrogen-bond acceptors (Lipinski definition) is 5. The number of anilines is 1. The number of aromatic amines is 1. The standard InChI is InChI=1S/C16H11I2N5O/c1-2-3-24-15-9(5-11(17)6-13(15)18)4-10(7-19)14-12(8-20)16(21)23-22-14/h2,4-6H,1,3H2,(H3,21,22,23)/b10-4+. The van der Waals surface area contributed by atoms with E-state index in [1.54, 1.807) is 12.2 Å². The van der Waals surface area contributed by atoms with Gasteiger partial charge in [-0.1, -0.05) is 12.7 Å². The zero-order valence-electron chi connectivity index (χ0n) is 12.3. The van der Waals surface area contributed by atoms with Crippen LogP contribution in [-0.2, 0) is 0 Å². The maximum Gasteiger partial charge on any atom is 0.163 e. The summed E-state index contributed by atoms with van der Waals surface area (Å²) in [5.41, 5.74) is 7.06. The number of nitrogen functional groups attached to an aromatic ring is 1. The molecular formula is C16H11I2N5O. The van der Waals surface area contributed by atoms with Crippen molar-refractivity contribution in [3.05, 3.63) is 48.7 Å². The highest BCUT2D eigenvalue weighted by molar-refractivity contribution is 14.1. The summed E-state index contributed by atoms with van der Waals surface area (Å²) in [5, 5.41) is 25.1. The summed E-state index contributed by atoms with van der Waals surface area (Å²) >= 11 is 4.37. The van der Waals surface area contributed by atoms with Gasteiger partial charge in [-0.05, 0) is 63.4 Å². The fraction of sp³-hybridized carbons (Fsp3) is 0.0625. The molecule has 120 valence electrons. The first kappa shape index (κ1) is 18.3. The number of nitriles is 2. The molecular weight excluding hydrogens is 532 g/mol.